The van der Waals surface area contributed by atoms with Gasteiger partial charge >= 0.3 is 0 Å². The first-order valence-corrected chi connectivity index (χ1v) is 3.94. The number of piperazine rings is 1. The Kier molecular flexibility index (Phi) is 1.43. The van der Waals surface area contributed by atoms with Gasteiger partial charge in [0.1, 0.15) is 12.1 Å². The van der Waals surface area contributed by atoms with Crippen LogP contribution < -0.4 is 10.6 Å². The van der Waals surface area contributed by atoms with Crippen molar-refractivity contribution in [1.82, 2.24) is 10.6 Å². The van der Waals surface area contributed by atoms with Gasteiger partial charge in [-0.3, -0.25) is 9.59 Å². The topological polar surface area (TPSA) is 58.2 Å². The minimum absolute atomic E-state index is 0.0850. The molecule has 12 heavy (non-hydrogen) atoms. The van der Waals surface area contributed by atoms with E-state index in [4.69, 9.17) is 0 Å². The average Bonchev–Trinajstić information content (AvgIpc) is 2.17. The number of carbonyl (C=O) groups is 2. The van der Waals surface area contributed by atoms with E-state index in [1.807, 2.05) is 0 Å². The van der Waals surface area contributed by atoms with E-state index < -0.39 is 0 Å². The molecule has 2 atom stereocenters. The molecule has 2 unspecified atom stereocenters. The van der Waals surface area contributed by atoms with Crippen LogP contribution in [0, 0.1) is 0 Å². The SMILES string of the molecule is C=C1CC2NC(=O)C(C1)NC2=O. The van der Waals surface area contributed by atoms with Crippen molar-refractivity contribution in [3.8, 4) is 0 Å². The first-order chi connectivity index (χ1) is 5.66. The molecule has 3 aliphatic rings. The van der Waals surface area contributed by atoms with Crippen molar-refractivity contribution >= 4 is 11.8 Å². The monoisotopic (exact) mass is 166 g/mol. The molecule has 0 aromatic rings. The summed E-state index contributed by atoms with van der Waals surface area (Å²) >= 11 is 0. The van der Waals surface area contributed by atoms with Crippen LogP contribution in [0.4, 0.5) is 0 Å². The molecule has 0 saturated carbocycles. The van der Waals surface area contributed by atoms with Crippen LogP contribution in [-0.2, 0) is 9.59 Å². The van der Waals surface area contributed by atoms with Crippen LogP contribution in [0.15, 0.2) is 12.2 Å². The first kappa shape index (κ1) is 7.34. The fourth-order valence-corrected chi connectivity index (χ4v) is 1.62. The molecule has 0 aliphatic carbocycles. The van der Waals surface area contributed by atoms with Gasteiger partial charge in [-0.05, 0) is 12.8 Å². The molecule has 0 aromatic carbocycles. The lowest BCUT2D eigenvalue weighted by molar-refractivity contribution is -0.135. The Morgan fingerprint density at radius 1 is 1.08 bits per heavy atom. The largest absolute Gasteiger partial charge is 0.342 e. The molecule has 2 amide bonds. The van der Waals surface area contributed by atoms with E-state index in [0.717, 1.165) is 5.57 Å². The quantitative estimate of drug-likeness (QED) is 0.468. The van der Waals surface area contributed by atoms with Crippen molar-refractivity contribution in [1.29, 1.82) is 0 Å². The van der Waals surface area contributed by atoms with Gasteiger partial charge in [-0.1, -0.05) is 12.2 Å². The fourth-order valence-electron chi connectivity index (χ4n) is 1.62. The maximum atomic E-state index is 11.2. The van der Waals surface area contributed by atoms with E-state index in [-0.39, 0.29) is 23.9 Å². The van der Waals surface area contributed by atoms with Gasteiger partial charge in [0.15, 0.2) is 0 Å². The number of hydrogen-bond donors (Lipinski definition) is 2. The Morgan fingerprint density at radius 2 is 1.50 bits per heavy atom. The van der Waals surface area contributed by atoms with Crippen molar-refractivity contribution < 1.29 is 9.59 Å². The third-order valence-corrected chi connectivity index (χ3v) is 2.25. The molecule has 0 radical (unpaired) electrons. The lowest BCUT2D eigenvalue weighted by atomic mass is 10.1. The summed E-state index contributed by atoms with van der Waals surface area (Å²) < 4.78 is 0. The number of rotatable bonds is 0. The zero-order valence-corrected chi connectivity index (χ0v) is 6.59. The lowest BCUT2D eigenvalue weighted by Gasteiger charge is -2.24. The van der Waals surface area contributed by atoms with E-state index in [9.17, 15) is 9.59 Å². The van der Waals surface area contributed by atoms with E-state index in [2.05, 4.69) is 17.2 Å². The van der Waals surface area contributed by atoms with Crippen LogP contribution in [0.5, 0.6) is 0 Å². The summed E-state index contributed by atoms with van der Waals surface area (Å²) in [5, 5.41) is 5.29. The van der Waals surface area contributed by atoms with Gasteiger partial charge in [0, 0.05) is 0 Å². The molecular formula is C8H10N2O2. The van der Waals surface area contributed by atoms with Crippen LogP contribution in [-0.4, -0.2) is 23.9 Å². The Bertz CT molecular complexity index is 242. The van der Waals surface area contributed by atoms with Crippen molar-refractivity contribution in [3.05, 3.63) is 12.2 Å². The summed E-state index contributed by atoms with van der Waals surface area (Å²) in [6.45, 7) is 3.80. The van der Waals surface area contributed by atoms with Crippen molar-refractivity contribution in [2.45, 2.75) is 24.9 Å². The molecule has 4 nitrogen and oxygen atoms in total. The molecule has 3 saturated heterocycles. The minimum Gasteiger partial charge on any atom is -0.342 e. The third kappa shape index (κ3) is 0.995. The standard InChI is InChI=1S/C8H10N2O2/c1-4-2-5-7(11)10-6(3-4)8(12)9-5/h5-6H,1-3H2,(H,9,12)(H,10,11). The summed E-state index contributed by atoms with van der Waals surface area (Å²) in [6.07, 6.45) is 1.15. The van der Waals surface area contributed by atoms with Crippen molar-refractivity contribution in [2.75, 3.05) is 0 Å². The molecule has 4 heteroatoms. The van der Waals surface area contributed by atoms with E-state index in [0.29, 0.717) is 12.8 Å². The van der Waals surface area contributed by atoms with Gasteiger partial charge in [-0.15, -0.1) is 0 Å². The average molecular weight is 166 g/mol. The highest BCUT2D eigenvalue weighted by Crippen LogP contribution is 2.19. The molecule has 0 spiro atoms. The molecular weight excluding hydrogens is 156 g/mol. The van der Waals surface area contributed by atoms with E-state index in [1.54, 1.807) is 0 Å². The van der Waals surface area contributed by atoms with Crippen LogP contribution in [0.25, 0.3) is 0 Å². The number of fused-ring (bicyclic) bond motifs is 4. The highest BCUT2D eigenvalue weighted by Gasteiger charge is 2.37. The van der Waals surface area contributed by atoms with Crippen LogP contribution >= 0.6 is 0 Å². The predicted molar refractivity (Wildman–Crippen MR) is 42.2 cm³/mol. The first-order valence-electron chi connectivity index (χ1n) is 3.94. The predicted octanol–water partition coefficient (Wildman–Crippen LogP) is -0.680. The Hall–Kier alpha value is -1.32. The summed E-state index contributed by atoms with van der Waals surface area (Å²) in [4.78, 5) is 22.4. The second-order valence-electron chi connectivity index (χ2n) is 3.28. The zero-order chi connectivity index (χ0) is 8.72. The van der Waals surface area contributed by atoms with Gasteiger partial charge in [-0.25, -0.2) is 0 Å². The highest BCUT2D eigenvalue weighted by molar-refractivity contribution is 5.98. The Labute approximate surface area is 70.0 Å². The number of amides is 2. The fraction of sp³-hybridized carbons (Fsp3) is 0.500. The van der Waals surface area contributed by atoms with Crippen LogP contribution in [0.2, 0.25) is 0 Å². The van der Waals surface area contributed by atoms with Gasteiger partial charge in [0.05, 0.1) is 0 Å². The summed E-state index contributed by atoms with van der Waals surface area (Å²) in [7, 11) is 0. The number of nitrogens with one attached hydrogen (secondary N) is 2. The molecule has 0 aromatic heterocycles. The van der Waals surface area contributed by atoms with Crippen molar-refractivity contribution in [3.63, 3.8) is 0 Å². The Morgan fingerprint density at radius 3 is 1.92 bits per heavy atom. The van der Waals surface area contributed by atoms with Gasteiger partial charge in [-0.2, -0.15) is 0 Å². The third-order valence-electron chi connectivity index (χ3n) is 2.25. The molecule has 3 heterocycles. The highest BCUT2D eigenvalue weighted by atomic mass is 16.2. The lowest BCUT2D eigenvalue weighted by Crippen LogP contribution is -2.59. The van der Waals surface area contributed by atoms with Gasteiger partial charge in [0.25, 0.3) is 0 Å². The van der Waals surface area contributed by atoms with Gasteiger partial charge < -0.3 is 10.6 Å². The molecule has 3 rings (SSSR count). The minimum atomic E-state index is -0.385. The maximum absolute atomic E-state index is 11.2. The summed E-state index contributed by atoms with van der Waals surface area (Å²) in [6, 6.07) is -0.771. The van der Waals surface area contributed by atoms with E-state index >= 15 is 0 Å². The number of carbonyl (C=O) groups excluding carboxylic acids is 2. The molecule has 2 N–H and O–H groups in total. The van der Waals surface area contributed by atoms with Gasteiger partial charge in [0.2, 0.25) is 11.8 Å². The number of hydrogen-bond acceptors (Lipinski definition) is 2. The van der Waals surface area contributed by atoms with Crippen molar-refractivity contribution in [2.24, 2.45) is 0 Å². The Balaban J connectivity index is 2.31. The molecule has 64 valence electrons. The summed E-state index contributed by atoms with van der Waals surface area (Å²) in [5.74, 6) is -0.170. The maximum Gasteiger partial charge on any atom is 0.243 e. The second kappa shape index (κ2) is 2.33. The normalized spacial score (nSPS) is 34.2. The molecule has 3 fully saturated rings. The van der Waals surface area contributed by atoms with E-state index in [1.165, 1.54) is 0 Å². The zero-order valence-electron chi connectivity index (χ0n) is 6.59. The van der Waals surface area contributed by atoms with Crippen LogP contribution in [0.3, 0.4) is 0 Å². The smallest absolute Gasteiger partial charge is 0.243 e. The molecule has 3 aliphatic heterocycles. The second-order valence-corrected chi connectivity index (χ2v) is 3.28. The van der Waals surface area contributed by atoms with Crippen LogP contribution in [0.1, 0.15) is 12.8 Å². The molecule has 2 bridgehead atoms. The summed E-state index contributed by atoms with van der Waals surface area (Å²) in [5.41, 5.74) is 0.960.